The van der Waals surface area contributed by atoms with Crippen molar-refractivity contribution in [2.45, 2.75) is 19.9 Å². The third kappa shape index (κ3) is 3.02. The van der Waals surface area contributed by atoms with Crippen LogP contribution >= 0.6 is 0 Å². The molecule has 1 rings (SSSR count). The Hall–Kier alpha value is -1.42. The van der Waals surface area contributed by atoms with E-state index in [1.807, 2.05) is 13.0 Å². The Balaban J connectivity index is 2.73. The monoisotopic (exact) mass is 207 g/mol. The number of nitrogens with two attached hydrogens (primary N) is 1. The van der Waals surface area contributed by atoms with Crippen LogP contribution in [0.4, 0.5) is 0 Å². The van der Waals surface area contributed by atoms with Crippen molar-refractivity contribution in [2.75, 3.05) is 13.6 Å². The molecule has 0 radical (unpaired) electrons. The molecule has 0 atom stereocenters. The smallest absolute Gasteiger partial charge is 0.272 e. The zero-order valence-electron chi connectivity index (χ0n) is 9.23. The quantitative estimate of drug-likeness (QED) is 0.802. The Bertz CT molecular complexity index is 321. The summed E-state index contributed by atoms with van der Waals surface area (Å²) in [7, 11) is 1.78. The highest BCUT2D eigenvalue weighted by molar-refractivity contribution is 5.92. The van der Waals surface area contributed by atoms with Crippen LogP contribution < -0.4 is 5.73 Å². The molecular weight excluding hydrogens is 190 g/mol. The highest BCUT2D eigenvalue weighted by atomic mass is 16.2. The summed E-state index contributed by atoms with van der Waals surface area (Å²) in [6.45, 7) is 3.24. The van der Waals surface area contributed by atoms with Gasteiger partial charge in [0.2, 0.25) is 0 Å². The van der Waals surface area contributed by atoms with Crippen LogP contribution in [0.1, 0.15) is 29.4 Å². The number of hydrogen-bond donors (Lipinski definition) is 1. The minimum absolute atomic E-state index is 0.0413. The molecule has 1 aromatic rings. The maximum Gasteiger partial charge on any atom is 0.272 e. The van der Waals surface area contributed by atoms with E-state index in [0.29, 0.717) is 12.2 Å². The summed E-state index contributed by atoms with van der Waals surface area (Å²) in [5.74, 6) is -0.0413. The second-order valence-corrected chi connectivity index (χ2v) is 3.48. The first-order valence-electron chi connectivity index (χ1n) is 5.09. The lowest BCUT2D eigenvalue weighted by molar-refractivity contribution is 0.0789. The lowest BCUT2D eigenvalue weighted by Crippen LogP contribution is -2.28. The number of carbonyl (C=O) groups is 1. The van der Waals surface area contributed by atoms with Crippen molar-refractivity contribution in [3.63, 3.8) is 0 Å². The summed E-state index contributed by atoms with van der Waals surface area (Å²) in [5, 5.41) is 0. The first-order valence-corrected chi connectivity index (χ1v) is 5.09. The first kappa shape index (κ1) is 11.7. The van der Waals surface area contributed by atoms with Crippen LogP contribution in [0.15, 0.2) is 18.3 Å². The van der Waals surface area contributed by atoms with Gasteiger partial charge >= 0.3 is 0 Å². The molecule has 0 aliphatic carbocycles. The number of amides is 1. The zero-order chi connectivity index (χ0) is 11.3. The summed E-state index contributed by atoms with van der Waals surface area (Å²) >= 11 is 0. The molecule has 0 spiro atoms. The van der Waals surface area contributed by atoms with Crippen molar-refractivity contribution >= 4 is 5.91 Å². The first-order chi connectivity index (χ1) is 7.19. The second kappa shape index (κ2) is 5.46. The number of rotatable bonds is 4. The van der Waals surface area contributed by atoms with Gasteiger partial charge in [0.1, 0.15) is 5.69 Å². The van der Waals surface area contributed by atoms with Crippen molar-refractivity contribution in [3.05, 3.63) is 29.6 Å². The van der Waals surface area contributed by atoms with E-state index < -0.39 is 0 Å². The number of carbonyl (C=O) groups excluding carboxylic acids is 1. The molecule has 0 fully saturated rings. The van der Waals surface area contributed by atoms with Crippen LogP contribution in [0, 0.1) is 0 Å². The highest BCUT2D eigenvalue weighted by Crippen LogP contribution is 2.03. The number of hydrogen-bond acceptors (Lipinski definition) is 3. The maximum atomic E-state index is 11.8. The van der Waals surface area contributed by atoms with E-state index in [1.165, 1.54) is 0 Å². The molecule has 0 saturated carbocycles. The Labute approximate surface area is 90.1 Å². The molecule has 1 heterocycles. The third-order valence-electron chi connectivity index (χ3n) is 2.19. The number of pyridine rings is 1. The Morgan fingerprint density at radius 1 is 1.53 bits per heavy atom. The summed E-state index contributed by atoms with van der Waals surface area (Å²) in [4.78, 5) is 17.5. The molecule has 0 saturated heterocycles. The number of nitrogens with zero attached hydrogens (tertiary/aromatic N) is 2. The van der Waals surface area contributed by atoms with E-state index in [4.69, 9.17) is 5.73 Å². The van der Waals surface area contributed by atoms with Gasteiger partial charge in [-0.05, 0) is 18.1 Å². The third-order valence-corrected chi connectivity index (χ3v) is 2.19. The summed E-state index contributed by atoms with van der Waals surface area (Å²) in [6.07, 6.45) is 2.59. The van der Waals surface area contributed by atoms with E-state index in [0.717, 1.165) is 18.5 Å². The summed E-state index contributed by atoms with van der Waals surface area (Å²) in [5.41, 5.74) is 6.86. The molecule has 82 valence electrons. The Morgan fingerprint density at radius 3 is 2.73 bits per heavy atom. The van der Waals surface area contributed by atoms with E-state index in [2.05, 4.69) is 4.98 Å². The molecule has 4 nitrogen and oxygen atoms in total. The number of aromatic nitrogens is 1. The maximum absolute atomic E-state index is 11.8. The van der Waals surface area contributed by atoms with Gasteiger partial charge in [-0.15, -0.1) is 0 Å². The van der Waals surface area contributed by atoms with Crippen molar-refractivity contribution in [1.29, 1.82) is 0 Å². The van der Waals surface area contributed by atoms with Crippen LogP contribution in [0.3, 0.4) is 0 Å². The van der Waals surface area contributed by atoms with Gasteiger partial charge in [0.05, 0.1) is 0 Å². The molecule has 1 amide bonds. The van der Waals surface area contributed by atoms with Gasteiger partial charge in [-0.3, -0.25) is 9.78 Å². The van der Waals surface area contributed by atoms with Crippen LogP contribution in [-0.2, 0) is 6.54 Å². The van der Waals surface area contributed by atoms with E-state index in [-0.39, 0.29) is 5.91 Å². The minimum atomic E-state index is -0.0413. The van der Waals surface area contributed by atoms with E-state index in [1.54, 1.807) is 24.2 Å². The highest BCUT2D eigenvalue weighted by Gasteiger charge is 2.11. The predicted molar refractivity (Wildman–Crippen MR) is 59.4 cm³/mol. The molecule has 0 aliphatic rings. The Morgan fingerprint density at radius 2 is 2.27 bits per heavy atom. The molecule has 0 unspecified atom stereocenters. The molecule has 0 bridgehead atoms. The lowest BCUT2D eigenvalue weighted by Gasteiger charge is -2.15. The molecule has 0 aliphatic heterocycles. The average Bonchev–Trinajstić information content (AvgIpc) is 2.28. The largest absolute Gasteiger partial charge is 0.340 e. The van der Waals surface area contributed by atoms with Gasteiger partial charge in [-0.25, -0.2) is 0 Å². The Kier molecular flexibility index (Phi) is 4.24. The summed E-state index contributed by atoms with van der Waals surface area (Å²) in [6, 6.07) is 3.55. The standard InChI is InChI=1S/C11H17N3O/c1-3-6-14(2)11(15)10-5-4-9(7-12)8-13-10/h4-5,8H,3,6-7,12H2,1-2H3. The fraction of sp³-hybridized carbons (Fsp3) is 0.455. The van der Waals surface area contributed by atoms with Crippen LogP contribution in [0.5, 0.6) is 0 Å². The van der Waals surface area contributed by atoms with Gasteiger partial charge in [-0.2, -0.15) is 0 Å². The predicted octanol–water partition coefficient (Wildman–Crippen LogP) is 1.02. The van der Waals surface area contributed by atoms with Gasteiger partial charge in [0, 0.05) is 26.3 Å². The average molecular weight is 207 g/mol. The molecule has 4 heteroatoms. The van der Waals surface area contributed by atoms with E-state index in [9.17, 15) is 4.79 Å². The van der Waals surface area contributed by atoms with Gasteiger partial charge in [0.15, 0.2) is 0 Å². The van der Waals surface area contributed by atoms with Gasteiger partial charge in [-0.1, -0.05) is 13.0 Å². The SMILES string of the molecule is CCCN(C)C(=O)c1ccc(CN)cn1. The topological polar surface area (TPSA) is 59.2 Å². The van der Waals surface area contributed by atoms with Crippen LogP contribution in [0.2, 0.25) is 0 Å². The van der Waals surface area contributed by atoms with Gasteiger partial charge < -0.3 is 10.6 Å². The molecule has 15 heavy (non-hydrogen) atoms. The van der Waals surface area contributed by atoms with Crippen LogP contribution in [-0.4, -0.2) is 29.4 Å². The van der Waals surface area contributed by atoms with Crippen molar-refractivity contribution in [1.82, 2.24) is 9.88 Å². The van der Waals surface area contributed by atoms with Crippen molar-refractivity contribution in [2.24, 2.45) is 5.73 Å². The summed E-state index contributed by atoms with van der Waals surface area (Å²) < 4.78 is 0. The van der Waals surface area contributed by atoms with E-state index >= 15 is 0 Å². The molecule has 0 aromatic carbocycles. The molecule has 1 aromatic heterocycles. The molecule has 2 N–H and O–H groups in total. The fourth-order valence-electron chi connectivity index (χ4n) is 1.30. The fourth-order valence-corrected chi connectivity index (χ4v) is 1.30. The molecular formula is C11H17N3O. The van der Waals surface area contributed by atoms with Gasteiger partial charge in [0.25, 0.3) is 5.91 Å². The van der Waals surface area contributed by atoms with Crippen molar-refractivity contribution < 1.29 is 4.79 Å². The van der Waals surface area contributed by atoms with Crippen LogP contribution in [0.25, 0.3) is 0 Å². The lowest BCUT2D eigenvalue weighted by atomic mass is 10.2. The van der Waals surface area contributed by atoms with Crippen molar-refractivity contribution in [3.8, 4) is 0 Å². The zero-order valence-corrected chi connectivity index (χ0v) is 9.23. The normalized spacial score (nSPS) is 10.1. The minimum Gasteiger partial charge on any atom is -0.340 e. The second-order valence-electron chi connectivity index (χ2n) is 3.48.